The standard InChI is InChI=1S/C5H4N4OS/c10-5-7-4(8-9-5)3-1-6-2-11-3/h1-2H,(H2,7,8,9,10). The summed E-state index contributed by atoms with van der Waals surface area (Å²) < 4.78 is 0. The third kappa shape index (κ3) is 1.07. The van der Waals surface area contributed by atoms with E-state index in [1.54, 1.807) is 11.7 Å². The normalized spacial score (nSPS) is 10.2. The summed E-state index contributed by atoms with van der Waals surface area (Å²) in [7, 11) is 0. The van der Waals surface area contributed by atoms with E-state index in [1.807, 2.05) is 0 Å². The third-order valence-electron chi connectivity index (χ3n) is 1.17. The molecule has 0 aliphatic rings. The second kappa shape index (κ2) is 2.31. The number of aromatic nitrogens is 4. The number of H-pyrrole nitrogens is 2. The van der Waals surface area contributed by atoms with Crippen molar-refractivity contribution in [1.29, 1.82) is 0 Å². The second-order valence-corrected chi connectivity index (χ2v) is 2.78. The molecule has 0 aliphatic carbocycles. The van der Waals surface area contributed by atoms with Crippen LogP contribution in [0.3, 0.4) is 0 Å². The van der Waals surface area contributed by atoms with Crippen molar-refractivity contribution in [3.8, 4) is 10.7 Å². The average molecular weight is 168 g/mol. The molecule has 2 aromatic rings. The van der Waals surface area contributed by atoms with Crippen LogP contribution >= 0.6 is 11.3 Å². The number of rotatable bonds is 1. The first-order valence-corrected chi connectivity index (χ1v) is 3.78. The maximum Gasteiger partial charge on any atom is 0.340 e. The van der Waals surface area contributed by atoms with Gasteiger partial charge in [0.2, 0.25) is 0 Å². The Hall–Kier alpha value is -1.43. The van der Waals surface area contributed by atoms with Crippen molar-refractivity contribution < 1.29 is 0 Å². The second-order valence-electron chi connectivity index (χ2n) is 1.89. The average Bonchev–Trinajstić information content (AvgIpc) is 2.55. The minimum Gasteiger partial charge on any atom is -0.288 e. The van der Waals surface area contributed by atoms with Crippen LogP contribution in [0.15, 0.2) is 16.5 Å². The fourth-order valence-corrected chi connectivity index (χ4v) is 1.28. The van der Waals surface area contributed by atoms with E-state index in [-0.39, 0.29) is 5.69 Å². The molecule has 0 aliphatic heterocycles. The largest absolute Gasteiger partial charge is 0.340 e. The summed E-state index contributed by atoms with van der Waals surface area (Å²) in [5.74, 6) is 0.539. The molecule has 0 radical (unpaired) electrons. The maximum atomic E-state index is 10.6. The lowest BCUT2D eigenvalue weighted by atomic mass is 10.5. The highest BCUT2D eigenvalue weighted by atomic mass is 32.1. The number of aromatic amines is 2. The monoisotopic (exact) mass is 168 g/mol. The van der Waals surface area contributed by atoms with Gasteiger partial charge in [-0.25, -0.2) is 9.89 Å². The van der Waals surface area contributed by atoms with Crippen LogP contribution in [-0.2, 0) is 0 Å². The molecule has 0 atom stereocenters. The molecule has 56 valence electrons. The van der Waals surface area contributed by atoms with Crippen molar-refractivity contribution in [2.45, 2.75) is 0 Å². The van der Waals surface area contributed by atoms with Gasteiger partial charge in [0.25, 0.3) is 0 Å². The molecule has 0 saturated carbocycles. The Bertz CT molecular complexity index is 387. The van der Waals surface area contributed by atoms with Gasteiger partial charge in [-0.15, -0.1) is 11.3 Å². The first-order valence-electron chi connectivity index (χ1n) is 2.90. The van der Waals surface area contributed by atoms with Gasteiger partial charge < -0.3 is 0 Å². The highest BCUT2D eigenvalue weighted by Crippen LogP contribution is 2.16. The van der Waals surface area contributed by atoms with Crippen molar-refractivity contribution in [1.82, 2.24) is 20.2 Å². The predicted octanol–water partition coefficient (Wildman–Crippen LogP) is 0.221. The molecule has 0 spiro atoms. The molecule has 5 nitrogen and oxygen atoms in total. The minimum absolute atomic E-state index is 0.298. The lowest BCUT2D eigenvalue weighted by Gasteiger charge is -1.81. The van der Waals surface area contributed by atoms with Gasteiger partial charge in [-0.3, -0.25) is 9.97 Å². The molecule has 0 unspecified atom stereocenters. The summed E-state index contributed by atoms with van der Waals surface area (Å²) >= 11 is 1.43. The molecule has 11 heavy (non-hydrogen) atoms. The quantitative estimate of drug-likeness (QED) is 0.639. The Morgan fingerprint density at radius 1 is 1.55 bits per heavy atom. The van der Waals surface area contributed by atoms with Crippen LogP contribution in [0.2, 0.25) is 0 Å². The molecule has 0 fully saturated rings. The Kier molecular flexibility index (Phi) is 1.32. The van der Waals surface area contributed by atoms with E-state index in [2.05, 4.69) is 20.2 Å². The van der Waals surface area contributed by atoms with E-state index in [0.717, 1.165) is 4.88 Å². The van der Waals surface area contributed by atoms with Gasteiger partial charge in [0, 0.05) is 6.20 Å². The van der Waals surface area contributed by atoms with Crippen LogP contribution < -0.4 is 5.69 Å². The van der Waals surface area contributed by atoms with Gasteiger partial charge in [-0.2, -0.15) is 5.10 Å². The van der Waals surface area contributed by atoms with Gasteiger partial charge in [-0.1, -0.05) is 0 Å². The zero-order valence-corrected chi connectivity index (χ0v) is 6.18. The van der Waals surface area contributed by atoms with Crippen LogP contribution in [0.4, 0.5) is 0 Å². The van der Waals surface area contributed by atoms with E-state index in [4.69, 9.17) is 0 Å². The van der Waals surface area contributed by atoms with Crippen LogP contribution in [0.1, 0.15) is 0 Å². The molecule has 2 heterocycles. The molecule has 2 aromatic heterocycles. The summed E-state index contributed by atoms with van der Waals surface area (Å²) in [6.45, 7) is 0. The summed E-state index contributed by atoms with van der Waals surface area (Å²) in [5.41, 5.74) is 1.39. The van der Waals surface area contributed by atoms with E-state index >= 15 is 0 Å². The first kappa shape index (κ1) is 6.29. The molecular weight excluding hydrogens is 164 g/mol. The van der Waals surface area contributed by atoms with Crippen molar-refractivity contribution >= 4 is 11.3 Å². The number of nitrogens with one attached hydrogen (secondary N) is 2. The Balaban J connectivity index is 2.53. The zero-order chi connectivity index (χ0) is 7.68. The molecule has 0 saturated heterocycles. The fraction of sp³-hybridized carbons (Fsp3) is 0. The van der Waals surface area contributed by atoms with Gasteiger partial charge in [0.05, 0.1) is 10.4 Å². The van der Waals surface area contributed by atoms with Gasteiger partial charge in [0.1, 0.15) is 0 Å². The molecule has 6 heteroatoms. The Morgan fingerprint density at radius 2 is 2.45 bits per heavy atom. The molecule has 2 rings (SSSR count). The number of thiazole rings is 1. The van der Waals surface area contributed by atoms with Crippen molar-refractivity contribution in [2.24, 2.45) is 0 Å². The van der Waals surface area contributed by atoms with Crippen molar-refractivity contribution in [2.75, 3.05) is 0 Å². The predicted molar refractivity (Wildman–Crippen MR) is 40.3 cm³/mol. The van der Waals surface area contributed by atoms with E-state index < -0.39 is 0 Å². The van der Waals surface area contributed by atoms with Crippen LogP contribution in [0, 0.1) is 0 Å². The minimum atomic E-state index is -0.298. The fourth-order valence-electron chi connectivity index (χ4n) is 0.720. The zero-order valence-electron chi connectivity index (χ0n) is 5.37. The van der Waals surface area contributed by atoms with Gasteiger partial charge >= 0.3 is 5.69 Å². The molecule has 0 bridgehead atoms. The number of nitrogens with zero attached hydrogens (tertiary/aromatic N) is 2. The van der Waals surface area contributed by atoms with E-state index in [0.29, 0.717) is 5.82 Å². The SMILES string of the molecule is O=c1[nH]nc(-c2cncs2)[nH]1. The maximum absolute atomic E-state index is 10.6. The van der Waals surface area contributed by atoms with Crippen LogP contribution in [0.25, 0.3) is 10.7 Å². The van der Waals surface area contributed by atoms with Gasteiger partial charge in [0.15, 0.2) is 5.82 Å². The smallest absolute Gasteiger partial charge is 0.288 e. The molecule has 0 amide bonds. The summed E-state index contributed by atoms with van der Waals surface area (Å²) in [4.78, 5) is 17.8. The van der Waals surface area contributed by atoms with Crippen molar-refractivity contribution in [3.05, 3.63) is 22.2 Å². The van der Waals surface area contributed by atoms with Gasteiger partial charge in [-0.05, 0) is 0 Å². The van der Waals surface area contributed by atoms with E-state index in [1.165, 1.54) is 11.3 Å². The topological polar surface area (TPSA) is 74.4 Å². The Labute approximate surface area is 65.1 Å². The summed E-state index contributed by atoms with van der Waals surface area (Å²) in [5, 5.41) is 6.01. The highest BCUT2D eigenvalue weighted by molar-refractivity contribution is 7.13. The van der Waals surface area contributed by atoms with Crippen LogP contribution in [-0.4, -0.2) is 20.2 Å². The highest BCUT2D eigenvalue weighted by Gasteiger charge is 2.01. The summed E-state index contributed by atoms with van der Waals surface area (Å²) in [6.07, 6.45) is 1.65. The molecule has 0 aromatic carbocycles. The van der Waals surface area contributed by atoms with E-state index in [9.17, 15) is 4.79 Å². The Morgan fingerprint density at radius 3 is 3.00 bits per heavy atom. The number of hydrogen-bond acceptors (Lipinski definition) is 4. The first-order chi connectivity index (χ1) is 5.36. The van der Waals surface area contributed by atoms with Crippen molar-refractivity contribution in [3.63, 3.8) is 0 Å². The lowest BCUT2D eigenvalue weighted by molar-refractivity contribution is 1.05. The lowest BCUT2D eigenvalue weighted by Crippen LogP contribution is -2.00. The third-order valence-corrected chi connectivity index (χ3v) is 1.95. The van der Waals surface area contributed by atoms with Crippen LogP contribution in [0.5, 0.6) is 0 Å². The molecular formula is C5H4N4OS. The number of hydrogen-bond donors (Lipinski definition) is 2. The molecule has 2 N–H and O–H groups in total. The summed E-state index contributed by atoms with van der Waals surface area (Å²) in [6, 6.07) is 0.